The molecular weight excluding hydrogens is 370 g/mol. The molecule has 9 nitrogen and oxygen atoms in total. The van der Waals surface area contributed by atoms with Gasteiger partial charge in [0.05, 0.1) is 17.5 Å². The van der Waals surface area contributed by atoms with Gasteiger partial charge in [0.15, 0.2) is 11.9 Å². The minimum atomic E-state index is -0.540. The van der Waals surface area contributed by atoms with Crippen LogP contribution in [-0.4, -0.2) is 38.4 Å². The number of benzene rings is 1. The predicted octanol–water partition coefficient (Wildman–Crippen LogP) is 1.12. The summed E-state index contributed by atoms with van der Waals surface area (Å²) in [4.78, 5) is 42.1. The smallest absolute Gasteiger partial charge is 0.313 e. The van der Waals surface area contributed by atoms with Gasteiger partial charge >= 0.3 is 5.97 Å². The Morgan fingerprint density at radius 2 is 2.11 bits per heavy atom. The molecule has 1 amide bonds. The van der Waals surface area contributed by atoms with Crippen molar-refractivity contribution in [1.29, 1.82) is 0 Å². The Morgan fingerprint density at radius 1 is 1.26 bits per heavy atom. The molecule has 3 aromatic rings. The Bertz CT molecular complexity index is 1080. The molecule has 2 aromatic heterocycles. The number of carbonyl (C=O) groups excluding carboxylic acids is 2. The van der Waals surface area contributed by atoms with Crippen LogP contribution in [0.15, 0.2) is 34.4 Å². The van der Waals surface area contributed by atoms with E-state index in [2.05, 4.69) is 15.3 Å². The summed E-state index contributed by atoms with van der Waals surface area (Å²) in [6, 6.07) is 6.82. The second-order valence-electron chi connectivity index (χ2n) is 6.00. The molecule has 27 heavy (non-hydrogen) atoms. The van der Waals surface area contributed by atoms with Gasteiger partial charge in [-0.3, -0.25) is 19.3 Å². The largest absolute Gasteiger partial charge is 0.442 e. The normalized spacial score (nSPS) is 14.1. The van der Waals surface area contributed by atoms with Crippen molar-refractivity contribution in [2.24, 2.45) is 0 Å². The van der Waals surface area contributed by atoms with Gasteiger partial charge in [-0.2, -0.15) is 4.68 Å². The molecule has 0 N–H and O–H groups in total. The topological polar surface area (TPSA) is 107 Å². The summed E-state index contributed by atoms with van der Waals surface area (Å²) in [6.45, 7) is 0.330. The van der Waals surface area contributed by atoms with E-state index in [1.54, 1.807) is 34.5 Å². The summed E-state index contributed by atoms with van der Waals surface area (Å²) >= 11 is 1.32. The molecule has 4 rings (SSSR count). The van der Waals surface area contributed by atoms with E-state index in [-0.39, 0.29) is 24.6 Å². The molecule has 0 aliphatic carbocycles. The van der Waals surface area contributed by atoms with E-state index < -0.39 is 5.97 Å². The van der Waals surface area contributed by atoms with Crippen molar-refractivity contribution in [3.8, 4) is 0 Å². The van der Waals surface area contributed by atoms with E-state index in [0.717, 1.165) is 11.1 Å². The zero-order valence-electron chi connectivity index (χ0n) is 14.2. The van der Waals surface area contributed by atoms with Gasteiger partial charge in [0.25, 0.3) is 5.56 Å². The van der Waals surface area contributed by atoms with Gasteiger partial charge in [0.2, 0.25) is 5.91 Å². The van der Waals surface area contributed by atoms with Crippen molar-refractivity contribution < 1.29 is 14.3 Å². The standard InChI is InChI=1S/C17H15N5O4S/c23-14-6-3-7-21(14)17-18-11(9-27-17)8-15(24)26-10-22-16(25)12-4-1-2-5-13(12)19-20-22/h1-2,4-5,9H,3,6-8,10H2. The number of aromatic nitrogens is 4. The van der Waals surface area contributed by atoms with E-state index >= 15 is 0 Å². The number of rotatable bonds is 5. The van der Waals surface area contributed by atoms with E-state index in [0.29, 0.717) is 34.7 Å². The lowest BCUT2D eigenvalue weighted by Gasteiger charge is -2.10. The third kappa shape index (κ3) is 3.56. The zero-order chi connectivity index (χ0) is 18.8. The minimum absolute atomic E-state index is 0.0473. The predicted molar refractivity (Wildman–Crippen MR) is 97.3 cm³/mol. The fraction of sp³-hybridized carbons (Fsp3) is 0.294. The van der Waals surface area contributed by atoms with Crippen molar-refractivity contribution in [2.45, 2.75) is 26.0 Å². The Morgan fingerprint density at radius 3 is 2.93 bits per heavy atom. The fourth-order valence-electron chi connectivity index (χ4n) is 2.79. The highest BCUT2D eigenvalue weighted by Crippen LogP contribution is 2.25. The maximum atomic E-state index is 12.3. The number of hydrogen-bond donors (Lipinski definition) is 0. The van der Waals surface area contributed by atoms with Gasteiger partial charge in [0, 0.05) is 18.3 Å². The van der Waals surface area contributed by atoms with Crippen LogP contribution in [0.3, 0.4) is 0 Å². The fourth-order valence-corrected chi connectivity index (χ4v) is 3.66. The Hall–Kier alpha value is -3.14. The highest BCUT2D eigenvalue weighted by Gasteiger charge is 2.24. The Kier molecular flexibility index (Phi) is 4.63. The first-order chi connectivity index (χ1) is 13.1. The van der Waals surface area contributed by atoms with Gasteiger partial charge < -0.3 is 4.74 Å². The number of hydrogen-bond acceptors (Lipinski definition) is 8. The van der Waals surface area contributed by atoms with Gasteiger partial charge in [-0.15, -0.1) is 16.4 Å². The summed E-state index contributed by atoms with van der Waals surface area (Å²) in [7, 11) is 0. The number of nitrogens with zero attached hydrogens (tertiary/aromatic N) is 5. The van der Waals surface area contributed by atoms with Crippen LogP contribution in [0.1, 0.15) is 18.5 Å². The molecular formula is C17H15N5O4S. The lowest BCUT2D eigenvalue weighted by Crippen LogP contribution is -2.27. The summed E-state index contributed by atoms with van der Waals surface area (Å²) in [5, 5.41) is 10.4. The van der Waals surface area contributed by atoms with Crippen LogP contribution >= 0.6 is 11.3 Å². The Balaban J connectivity index is 1.39. The van der Waals surface area contributed by atoms with Crippen LogP contribution in [-0.2, 0) is 27.5 Å². The number of carbonyl (C=O) groups is 2. The maximum absolute atomic E-state index is 12.3. The monoisotopic (exact) mass is 385 g/mol. The molecule has 10 heteroatoms. The van der Waals surface area contributed by atoms with Gasteiger partial charge in [-0.05, 0) is 18.6 Å². The summed E-state index contributed by atoms with van der Waals surface area (Å²) < 4.78 is 6.12. The first-order valence-corrected chi connectivity index (χ1v) is 9.23. The van der Waals surface area contributed by atoms with E-state index in [1.165, 1.54) is 11.3 Å². The molecule has 0 spiro atoms. The molecule has 3 heterocycles. The number of esters is 1. The summed E-state index contributed by atoms with van der Waals surface area (Å²) in [5.41, 5.74) is 0.630. The van der Waals surface area contributed by atoms with Crippen LogP contribution in [0.2, 0.25) is 0 Å². The van der Waals surface area contributed by atoms with Crippen LogP contribution in [0, 0.1) is 0 Å². The van der Waals surface area contributed by atoms with E-state index in [1.807, 2.05) is 0 Å². The van der Waals surface area contributed by atoms with Crippen molar-refractivity contribution in [3.63, 3.8) is 0 Å². The average Bonchev–Trinajstić information content (AvgIpc) is 3.30. The van der Waals surface area contributed by atoms with Gasteiger partial charge in [-0.1, -0.05) is 17.3 Å². The van der Waals surface area contributed by atoms with Gasteiger partial charge in [0.1, 0.15) is 5.52 Å². The number of thiazole rings is 1. The zero-order valence-corrected chi connectivity index (χ0v) is 15.0. The molecule has 1 aromatic carbocycles. The first kappa shape index (κ1) is 17.3. The number of fused-ring (bicyclic) bond motifs is 1. The summed E-state index contributed by atoms with van der Waals surface area (Å²) in [6.07, 6.45) is 1.30. The maximum Gasteiger partial charge on any atom is 0.313 e. The second-order valence-corrected chi connectivity index (χ2v) is 6.84. The molecule has 1 aliphatic heterocycles. The quantitative estimate of drug-likeness (QED) is 0.606. The molecule has 0 radical (unpaired) electrons. The molecule has 1 saturated heterocycles. The van der Waals surface area contributed by atoms with Crippen molar-refractivity contribution in [2.75, 3.05) is 11.4 Å². The SMILES string of the molecule is O=C(Cc1csc(N2CCCC2=O)n1)OCn1nnc2ccccc2c1=O. The molecule has 1 aliphatic rings. The third-order valence-electron chi connectivity index (χ3n) is 4.15. The number of ether oxygens (including phenoxy) is 1. The van der Waals surface area contributed by atoms with E-state index in [4.69, 9.17) is 4.74 Å². The molecule has 0 unspecified atom stereocenters. The number of amides is 1. The second kappa shape index (κ2) is 7.23. The molecule has 0 atom stereocenters. The van der Waals surface area contributed by atoms with Crippen molar-refractivity contribution >= 4 is 39.2 Å². The van der Waals surface area contributed by atoms with Crippen LogP contribution in [0.25, 0.3) is 10.9 Å². The molecule has 0 saturated carbocycles. The van der Waals surface area contributed by atoms with E-state index in [9.17, 15) is 14.4 Å². The van der Waals surface area contributed by atoms with Crippen LogP contribution < -0.4 is 10.5 Å². The van der Waals surface area contributed by atoms with Crippen LogP contribution in [0.4, 0.5) is 5.13 Å². The minimum Gasteiger partial charge on any atom is -0.442 e. The number of anilines is 1. The third-order valence-corrected chi connectivity index (χ3v) is 5.06. The van der Waals surface area contributed by atoms with Crippen LogP contribution in [0.5, 0.6) is 0 Å². The molecule has 0 bridgehead atoms. The van der Waals surface area contributed by atoms with Crippen molar-refractivity contribution in [1.82, 2.24) is 20.0 Å². The highest BCUT2D eigenvalue weighted by atomic mass is 32.1. The molecule has 138 valence electrons. The first-order valence-electron chi connectivity index (χ1n) is 8.35. The molecule has 1 fully saturated rings. The average molecular weight is 385 g/mol. The van der Waals surface area contributed by atoms with Gasteiger partial charge in [-0.25, -0.2) is 4.98 Å². The highest BCUT2D eigenvalue weighted by molar-refractivity contribution is 7.14. The summed E-state index contributed by atoms with van der Waals surface area (Å²) in [5.74, 6) is -0.491. The lowest BCUT2D eigenvalue weighted by molar-refractivity contribution is -0.147. The lowest BCUT2D eigenvalue weighted by atomic mass is 10.2. The Labute approximate surface area is 157 Å². The van der Waals surface area contributed by atoms with Crippen molar-refractivity contribution in [3.05, 3.63) is 45.7 Å².